The van der Waals surface area contributed by atoms with Crippen LogP contribution in [0, 0.1) is 0 Å². The van der Waals surface area contributed by atoms with Gasteiger partial charge in [-0.2, -0.15) is 0 Å². The number of ether oxygens (including phenoxy) is 2. The number of carbonyl (C=O) groups excluding carboxylic acids is 1. The third-order valence-corrected chi connectivity index (χ3v) is 4.16. The molecule has 0 heterocycles. The maximum Gasteiger partial charge on any atom is 0.251 e. The Morgan fingerprint density at radius 1 is 1.00 bits per heavy atom. The van der Waals surface area contributed by atoms with Crippen molar-refractivity contribution in [2.24, 2.45) is 0 Å². The van der Waals surface area contributed by atoms with Crippen LogP contribution in [0.1, 0.15) is 41.3 Å². The van der Waals surface area contributed by atoms with Gasteiger partial charge in [0.15, 0.2) is 0 Å². The molecule has 2 N–H and O–H groups in total. The molecule has 5 nitrogen and oxygen atoms in total. The molecule has 0 saturated carbocycles. The maximum atomic E-state index is 12.0. The van der Waals surface area contributed by atoms with Crippen molar-refractivity contribution in [2.75, 3.05) is 20.8 Å². The summed E-state index contributed by atoms with van der Waals surface area (Å²) in [5.41, 5.74) is 2.86. The smallest absolute Gasteiger partial charge is 0.251 e. The van der Waals surface area contributed by atoms with Crippen molar-refractivity contribution in [3.63, 3.8) is 0 Å². The highest BCUT2D eigenvalue weighted by Gasteiger charge is 2.06. The van der Waals surface area contributed by atoms with Crippen molar-refractivity contribution in [3.8, 4) is 11.5 Å². The number of carbonyl (C=O) groups is 1. The first-order valence-corrected chi connectivity index (χ1v) is 8.96. The average molecular weight is 356 g/mol. The molecule has 1 amide bonds. The summed E-state index contributed by atoms with van der Waals surface area (Å²) in [6.45, 7) is 4.20. The molecular formula is C21H28N2O3. The first-order chi connectivity index (χ1) is 12.7. The lowest BCUT2D eigenvalue weighted by molar-refractivity contribution is 0.0953. The number of methoxy groups -OCH3 is 2. The largest absolute Gasteiger partial charge is 0.497 e. The number of amides is 1. The number of nitrogens with one attached hydrogen (secondary N) is 2. The molecule has 0 fully saturated rings. The van der Waals surface area contributed by atoms with Gasteiger partial charge in [-0.3, -0.25) is 4.79 Å². The van der Waals surface area contributed by atoms with Crippen LogP contribution in [0.15, 0.2) is 42.5 Å². The van der Waals surface area contributed by atoms with Crippen molar-refractivity contribution >= 4 is 5.91 Å². The normalized spacial score (nSPS) is 10.4. The van der Waals surface area contributed by atoms with Crippen LogP contribution in [0.2, 0.25) is 0 Å². The molecule has 0 aliphatic heterocycles. The number of hydrogen-bond acceptors (Lipinski definition) is 4. The summed E-state index contributed by atoms with van der Waals surface area (Å²) in [4.78, 5) is 12.0. The van der Waals surface area contributed by atoms with Gasteiger partial charge in [-0.15, -0.1) is 0 Å². The highest BCUT2D eigenvalue weighted by molar-refractivity contribution is 5.94. The molecule has 2 aromatic carbocycles. The summed E-state index contributed by atoms with van der Waals surface area (Å²) < 4.78 is 10.7. The molecule has 26 heavy (non-hydrogen) atoms. The van der Waals surface area contributed by atoms with E-state index < -0.39 is 0 Å². The molecule has 0 saturated heterocycles. The van der Waals surface area contributed by atoms with Crippen molar-refractivity contribution < 1.29 is 14.3 Å². The lowest BCUT2D eigenvalue weighted by Crippen LogP contribution is -2.24. The Balaban J connectivity index is 1.87. The van der Waals surface area contributed by atoms with Crippen LogP contribution in [-0.4, -0.2) is 26.7 Å². The molecule has 0 aromatic heterocycles. The van der Waals surface area contributed by atoms with E-state index in [9.17, 15) is 4.79 Å². The summed E-state index contributed by atoms with van der Waals surface area (Å²) >= 11 is 0. The Morgan fingerprint density at radius 2 is 1.77 bits per heavy atom. The van der Waals surface area contributed by atoms with E-state index in [1.165, 1.54) is 0 Å². The predicted molar refractivity (Wildman–Crippen MR) is 104 cm³/mol. The number of rotatable bonds is 10. The van der Waals surface area contributed by atoms with Gasteiger partial charge in [-0.1, -0.05) is 25.5 Å². The zero-order valence-corrected chi connectivity index (χ0v) is 15.8. The summed E-state index contributed by atoms with van der Waals surface area (Å²) in [5.74, 6) is 1.62. The minimum atomic E-state index is -0.0147. The highest BCUT2D eigenvalue weighted by Crippen LogP contribution is 2.23. The van der Waals surface area contributed by atoms with E-state index in [1.807, 2.05) is 42.5 Å². The second kappa shape index (κ2) is 10.5. The van der Waals surface area contributed by atoms with E-state index in [1.54, 1.807) is 14.2 Å². The van der Waals surface area contributed by atoms with Crippen molar-refractivity contribution in [2.45, 2.75) is 32.9 Å². The van der Waals surface area contributed by atoms with Gasteiger partial charge in [-0.05, 0) is 42.3 Å². The van der Waals surface area contributed by atoms with Gasteiger partial charge in [0.2, 0.25) is 0 Å². The average Bonchev–Trinajstić information content (AvgIpc) is 2.68. The van der Waals surface area contributed by atoms with Crippen LogP contribution < -0.4 is 20.1 Å². The van der Waals surface area contributed by atoms with Gasteiger partial charge in [0, 0.05) is 30.8 Å². The third-order valence-electron chi connectivity index (χ3n) is 4.16. The summed E-state index contributed by atoms with van der Waals surface area (Å²) in [6, 6.07) is 13.4. The van der Waals surface area contributed by atoms with Gasteiger partial charge < -0.3 is 20.1 Å². The summed E-state index contributed by atoms with van der Waals surface area (Å²) in [7, 11) is 3.31. The third kappa shape index (κ3) is 5.77. The number of benzene rings is 2. The van der Waals surface area contributed by atoms with Crippen molar-refractivity contribution in [3.05, 3.63) is 59.2 Å². The Hall–Kier alpha value is -2.53. The fourth-order valence-electron chi connectivity index (χ4n) is 2.62. The van der Waals surface area contributed by atoms with Gasteiger partial charge in [0.25, 0.3) is 5.91 Å². The fourth-order valence-corrected chi connectivity index (χ4v) is 2.62. The molecule has 0 radical (unpaired) electrons. The van der Waals surface area contributed by atoms with E-state index in [0.29, 0.717) is 18.7 Å². The van der Waals surface area contributed by atoms with E-state index in [2.05, 4.69) is 17.6 Å². The molecule has 0 atom stereocenters. The zero-order valence-electron chi connectivity index (χ0n) is 15.8. The van der Waals surface area contributed by atoms with Gasteiger partial charge >= 0.3 is 0 Å². The van der Waals surface area contributed by atoms with Crippen LogP contribution in [0.25, 0.3) is 0 Å². The standard InChI is InChI=1S/C21H28N2O3/c1-4-5-12-23-21(24)17-8-6-16(7-9-17)14-22-15-18-13-19(25-2)10-11-20(18)26-3/h6-11,13,22H,4-5,12,14-15H2,1-3H3,(H,23,24). The van der Waals surface area contributed by atoms with E-state index in [0.717, 1.165) is 42.0 Å². The van der Waals surface area contributed by atoms with E-state index in [4.69, 9.17) is 9.47 Å². The molecule has 0 aliphatic carbocycles. The fraction of sp³-hybridized carbons (Fsp3) is 0.381. The van der Waals surface area contributed by atoms with E-state index in [-0.39, 0.29) is 5.91 Å². The van der Waals surface area contributed by atoms with E-state index >= 15 is 0 Å². The number of unbranched alkanes of at least 4 members (excludes halogenated alkanes) is 1. The van der Waals surface area contributed by atoms with Gasteiger partial charge in [0.1, 0.15) is 11.5 Å². The molecule has 2 rings (SSSR count). The lowest BCUT2D eigenvalue weighted by Gasteiger charge is -2.12. The molecule has 140 valence electrons. The van der Waals surface area contributed by atoms with Crippen LogP contribution >= 0.6 is 0 Å². The summed E-state index contributed by atoms with van der Waals surface area (Å²) in [6.07, 6.45) is 2.07. The molecule has 2 aromatic rings. The SMILES string of the molecule is CCCCNC(=O)c1ccc(CNCc2cc(OC)ccc2OC)cc1. The van der Waals surface area contributed by atoms with Crippen LogP contribution in [0.4, 0.5) is 0 Å². The quantitative estimate of drug-likeness (QED) is 0.640. The van der Waals surface area contributed by atoms with Crippen LogP contribution in [-0.2, 0) is 13.1 Å². The number of hydrogen-bond donors (Lipinski definition) is 2. The monoisotopic (exact) mass is 356 g/mol. The summed E-state index contributed by atoms with van der Waals surface area (Å²) in [5, 5.41) is 6.33. The van der Waals surface area contributed by atoms with Crippen LogP contribution in [0.3, 0.4) is 0 Å². The molecule has 0 bridgehead atoms. The molecule has 0 spiro atoms. The predicted octanol–water partition coefficient (Wildman–Crippen LogP) is 3.52. The topological polar surface area (TPSA) is 59.6 Å². The second-order valence-corrected chi connectivity index (χ2v) is 6.09. The Labute approximate surface area is 155 Å². The maximum absolute atomic E-state index is 12.0. The first kappa shape index (κ1) is 19.8. The Kier molecular flexibility index (Phi) is 7.96. The van der Waals surface area contributed by atoms with Gasteiger partial charge in [-0.25, -0.2) is 0 Å². The minimum absolute atomic E-state index is 0.0147. The molecule has 5 heteroatoms. The minimum Gasteiger partial charge on any atom is -0.497 e. The zero-order chi connectivity index (χ0) is 18.8. The van der Waals surface area contributed by atoms with Gasteiger partial charge in [0.05, 0.1) is 14.2 Å². The molecule has 0 unspecified atom stereocenters. The Bertz CT molecular complexity index is 699. The van der Waals surface area contributed by atoms with Crippen LogP contribution in [0.5, 0.6) is 11.5 Å². The highest BCUT2D eigenvalue weighted by atomic mass is 16.5. The second-order valence-electron chi connectivity index (χ2n) is 6.09. The van der Waals surface area contributed by atoms with Crippen molar-refractivity contribution in [1.82, 2.24) is 10.6 Å². The Morgan fingerprint density at radius 3 is 2.42 bits per heavy atom. The lowest BCUT2D eigenvalue weighted by atomic mass is 10.1. The first-order valence-electron chi connectivity index (χ1n) is 8.96. The molecular weight excluding hydrogens is 328 g/mol. The molecule has 0 aliphatic rings. The van der Waals surface area contributed by atoms with Crippen molar-refractivity contribution in [1.29, 1.82) is 0 Å².